The second-order valence-electron chi connectivity index (χ2n) is 11.6. The number of carbonyl (C=O) groups excluding carboxylic acids is 3. The smallest absolute Gasteiger partial charge is 0.246 e. The molecular formula is C28H34N6O4. The molecule has 0 bridgehead atoms. The molecule has 4 heterocycles. The first kappa shape index (κ1) is 26.0. The van der Waals surface area contributed by atoms with E-state index in [1.807, 2.05) is 19.9 Å². The van der Waals surface area contributed by atoms with Gasteiger partial charge in [-0.3, -0.25) is 24.4 Å². The third kappa shape index (κ3) is 4.49. The van der Waals surface area contributed by atoms with Crippen LogP contribution < -0.4 is 10.6 Å². The third-order valence-electron chi connectivity index (χ3n) is 8.56. The molecule has 2 unspecified atom stereocenters. The molecule has 38 heavy (non-hydrogen) atoms. The molecule has 2 aromatic rings. The van der Waals surface area contributed by atoms with E-state index in [9.17, 15) is 19.6 Å². The van der Waals surface area contributed by atoms with Gasteiger partial charge in [0.15, 0.2) is 0 Å². The Bertz CT molecular complexity index is 1290. The quantitative estimate of drug-likeness (QED) is 0.572. The van der Waals surface area contributed by atoms with Gasteiger partial charge in [-0.2, -0.15) is 5.26 Å². The van der Waals surface area contributed by atoms with Crippen LogP contribution in [0.3, 0.4) is 0 Å². The van der Waals surface area contributed by atoms with E-state index in [0.29, 0.717) is 37.3 Å². The number of nitrogens with zero attached hydrogens (tertiary/aromatic N) is 4. The van der Waals surface area contributed by atoms with Crippen molar-refractivity contribution in [1.82, 2.24) is 25.5 Å². The lowest BCUT2D eigenvalue weighted by Crippen LogP contribution is -2.58. The molecule has 3 amide bonds. The zero-order valence-corrected chi connectivity index (χ0v) is 22.2. The van der Waals surface area contributed by atoms with Crippen LogP contribution in [0, 0.1) is 40.4 Å². The monoisotopic (exact) mass is 518 g/mol. The summed E-state index contributed by atoms with van der Waals surface area (Å²) in [6, 6.07) is 3.34. The molecule has 0 radical (unpaired) electrons. The summed E-state index contributed by atoms with van der Waals surface area (Å²) in [5.41, 5.74) is 1.01. The molecule has 2 aromatic heterocycles. The van der Waals surface area contributed by atoms with Gasteiger partial charge in [-0.1, -0.05) is 27.7 Å². The van der Waals surface area contributed by atoms with Crippen molar-refractivity contribution >= 4 is 28.6 Å². The number of nitrogens with one attached hydrogen (secondary N) is 2. The number of ether oxygens (including phenoxy) is 1. The lowest BCUT2D eigenvalue weighted by atomic mass is 9.96. The van der Waals surface area contributed by atoms with Crippen LogP contribution in [0.25, 0.3) is 10.9 Å². The summed E-state index contributed by atoms with van der Waals surface area (Å²) in [5.74, 6) is -1.13. The summed E-state index contributed by atoms with van der Waals surface area (Å²) in [6.45, 7) is 9.30. The molecule has 3 aliphatic rings. The van der Waals surface area contributed by atoms with E-state index in [1.54, 1.807) is 29.6 Å². The highest BCUT2D eigenvalue weighted by Crippen LogP contribution is 2.65. The van der Waals surface area contributed by atoms with Crippen LogP contribution in [0.15, 0.2) is 30.7 Å². The van der Waals surface area contributed by atoms with Crippen LogP contribution in [-0.4, -0.2) is 64.4 Å². The number of rotatable bonds is 7. The minimum Gasteiger partial charge on any atom is -0.381 e. The molecule has 200 valence electrons. The van der Waals surface area contributed by atoms with E-state index < -0.39 is 18.1 Å². The van der Waals surface area contributed by atoms with Gasteiger partial charge >= 0.3 is 0 Å². The SMILES string of the molecule is CC(C)[C@H](NC(=O)C1CCOC1)C(=O)N1C[C@H]2[C@@H]([C@H]1C(=O)NC(C#N)c1cncc3cccnc13)C2(C)C. The largest absolute Gasteiger partial charge is 0.381 e. The standard InChI is InChI=1S/C28H34N6O4/c1-15(2)22(33-25(35)17-7-9-38-14-17)27(37)34-13-19-21(28(19,3)4)24(34)26(36)32-20(10-29)18-12-30-11-16-6-5-8-31-23(16)18/h5-6,8,11-12,15,17,19-22,24H,7,9,13-14H2,1-4H3,(H,32,36)(H,33,35)/t17?,19-,20?,21-,22-,24-/m0/s1. The van der Waals surface area contributed by atoms with Gasteiger partial charge in [0.25, 0.3) is 0 Å². The van der Waals surface area contributed by atoms with Crippen molar-refractivity contribution in [2.75, 3.05) is 19.8 Å². The van der Waals surface area contributed by atoms with Gasteiger partial charge in [0, 0.05) is 42.7 Å². The highest BCUT2D eigenvalue weighted by molar-refractivity contribution is 5.94. The van der Waals surface area contributed by atoms with Crippen LogP contribution >= 0.6 is 0 Å². The third-order valence-corrected chi connectivity index (χ3v) is 8.56. The van der Waals surface area contributed by atoms with Crippen molar-refractivity contribution in [3.8, 4) is 6.07 Å². The molecule has 1 aliphatic carbocycles. The van der Waals surface area contributed by atoms with Gasteiger partial charge in [0.05, 0.1) is 24.1 Å². The summed E-state index contributed by atoms with van der Waals surface area (Å²) in [4.78, 5) is 50.7. The first-order valence-electron chi connectivity index (χ1n) is 13.2. The second kappa shape index (κ2) is 9.95. The summed E-state index contributed by atoms with van der Waals surface area (Å²) in [7, 11) is 0. The average molecular weight is 519 g/mol. The van der Waals surface area contributed by atoms with Crippen LogP contribution in [0.4, 0.5) is 0 Å². The molecule has 2 N–H and O–H groups in total. The normalized spacial score (nSPS) is 26.9. The van der Waals surface area contributed by atoms with E-state index in [1.165, 1.54) is 0 Å². The van der Waals surface area contributed by atoms with Gasteiger partial charge in [-0.05, 0) is 41.7 Å². The highest BCUT2D eigenvalue weighted by Gasteiger charge is 2.69. The first-order valence-corrected chi connectivity index (χ1v) is 13.2. The predicted molar refractivity (Wildman–Crippen MR) is 138 cm³/mol. The van der Waals surface area contributed by atoms with E-state index in [2.05, 4.69) is 40.5 Å². The van der Waals surface area contributed by atoms with Crippen LogP contribution in [0.2, 0.25) is 0 Å². The van der Waals surface area contributed by atoms with E-state index in [-0.39, 0.29) is 46.8 Å². The Hall–Kier alpha value is -3.58. The van der Waals surface area contributed by atoms with Gasteiger partial charge in [-0.25, -0.2) is 0 Å². The fourth-order valence-electron chi connectivity index (χ4n) is 6.16. The van der Waals surface area contributed by atoms with E-state index >= 15 is 0 Å². The number of nitriles is 1. The number of hydrogen-bond acceptors (Lipinski definition) is 7. The second-order valence-corrected chi connectivity index (χ2v) is 11.6. The number of hydrogen-bond donors (Lipinski definition) is 2. The number of piperidine rings is 1. The molecule has 2 aliphatic heterocycles. The fourth-order valence-corrected chi connectivity index (χ4v) is 6.16. The van der Waals surface area contributed by atoms with Crippen molar-refractivity contribution in [3.05, 3.63) is 36.3 Å². The van der Waals surface area contributed by atoms with Crippen LogP contribution in [0.5, 0.6) is 0 Å². The van der Waals surface area contributed by atoms with Crippen LogP contribution in [0.1, 0.15) is 45.7 Å². The minimum absolute atomic E-state index is 0.0266. The molecule has 6 atom stereocenters. The topological polar surface area (TPSA) is 137 Å². The van der Waals surface area contributed by atoms with Gasteiger partial charge < -0.3 is 20.3 Å². The first-order chi connectivity index (χ1) is 18.1. The van der Waals surface area contributed by atoms with E-state index in [4.69, 9.17) is 4.74 Å². The molecule has 10 heteroatoms. The lowest BCUT2D eigenvalue weighted by Gasteiger charge is -2.34. The molecule has 3 fully saturated rings. The number of aromatic nitrogens is 2. The molecule has 0 aromatic carbocycles. The molecule has 2 saturated heterocycles. The van der Waals surface area contributed by atoms with E-state index in [0.717, 1.165) is 5.39 Å². The Kier molecular flexibility index (Phi) is 6.82. The molecule has 0 spiro atoms. The molecule has 1 saturated carbocycles. The summed E-state index contributed by atoms with van der Waals surface area (Å²) in [6.07, 6.45) is 5.47. The lowest BCUT2D eigenvalue weighted by molar-refractivity contribution is -0.144. The molecule has 10 nitrogen and oxygen atoms in total. The van der Waals surface area contributed by atoms with Gasteiger partial charge in [0.1, 0.15) is 18.1 Å². The number of likely N-dealkylation sites (tertiary alicyclic amines) is 1. The predicted octanol–water partition coefficient (Wildman–Crippen LogP) is 1.97. The maximum absolute atomic E-state index is 13.8. The molecule has 5 rings (SSSR count). The Balaban J connectivity index is 1.38. The summed E-state index contributed by atoms with van der Waals surface area (Å²) >= 11 is 0. The number of amides is 3. The van der Waals surface area contributed by atoms with Crippen molar-refractivity contribution in [1.29, 1.82) is 5.26 Å². The summed E-state index contributed by atoms with van der Waals surface area (Å²) < 4.78 is 5.34. The summed E-state index contributed by atoms with van der Waals surface area (Å²) in [5, 5.41) is 16.6. The molecular weight excluding hydrogens is 484 g/mol. The van der Waals surface area contributed by atoms with Crippen LogP contribution in [-0.2, 0) is 19.1 Å². The Morgan fingerprint density at radius 2 is 2.00 bits per heavy atom. The van der Waals surface area contributed by atoms with Crippen molar-refractivity contribution in [2.24, 2.45) is 29.1 Å². The fraction of sp³-hybridized carbons (Fsp3) is 0.571. The highest BCUT2D eigenvalue weighted by atomic mass is 16.5. The Labute approximate surface area is 222 Å². The minimum atomic E-state index is -0.977. The van der Waals surface area contributed by atoms with Gasteiger partial charge in [-0.15, -0.1) is 0 Å². The van der Waals surface area contributed by atoms with Crippen molar-refractivity contribution < 1.29 is 19.1 Å². The Morgan fingerprint density at radius 3 is 2.68 bits per heavy atom. The zero-order valence-electron chi connectivity index (χ0n) is 22.2. The number of pyridine rings is 2. The maximum atomic E-state index is 13.8. The zero-order chi connectivity index (χ0) is 27.2. The average Bonchev–Trinajstić information content (AvgIpc) is 3.37. The van der Waals surface area contributed by atoms with Crippen molar-refractivity contribution in [2.45, 2.75) is 52.2 Å². The Morgan fingerprint density at radius 1 is 1.21 bits per heavy atom. The number of carbonyl (C=O) groups is 3. The van der Waals surface area contributed by atoms with Gasteiger partial charge in [0.2, 0.25) is 17.7 Å². The van der Waals surface area contributed by atoms with Crippen molar-refractivity contribution in [3.63, 3.8) is 0 Å². The maximum Gasteiger partial charge on any atom is 0.246 e. The number of fused-ring (bicyclic) bond motifs is 2.